The van der Waals surface area contributed by atoms with Gasteiger partial charge in [-0.05, 0) is 75.1 Å². The Morgan fingerprint density at radius 2 is 0.983 bits per heavy atom. The van der Waals surface area contributed by atoms with Crippen LogP contribution in [0.4, 0.5) is 0 Å². The minimum atomic E-state index is 0.607. The number of oxazole rings is 1. The van der Waals surface area contributed by atoms with Crippen LogP contribution in [-0.2, 0) is 0 Å². The normalized spacial score (nSPS) is 11.8. The molecule has 0 atom stereocenters. The first-order valence-corrected chi connectivity index (χ1v) is 20.1. The number of nitrogens with zero attached hydrogens (tertiary/aromatic N) is 4. The van der Waals surface area contributed by atoms with Crippen molar-refractivity contribution in [3.63, 3.8) is 0 Å². The smallest absolute Gasteiger partial charge is 0.227 e. The molecule has 0 unspecified atom stereocenters. The van der Waals surface area contributed by atoms with E-state index in [9.17, 15) is 0 Å². The Kier molecular flexibility index (Phi) is 7.33. The molecular formula is C52H30N4OS. The Bertz CT molecular complexity index is 3570. The summed E-state index contributed by atoms with van der Waals surface area (Å²) in [6.45, 7) is 0. The van der Waals surface area contributed by atoms with Crippen LogP contribution < -0.4 is 0 Å². The van der Waals surface area contributed by atoms with Crippen molar-refractivity contribution < 1.29 is 4.42 Å². The maximum Gasteiger partial charge on any atom is 0.227 e. The minimum Gasteiger partial charge on any atom is -0.435 e. The average Bonchev–Trinajstić information content (AvgIpc) is 3.91. The lowest BCUT2D eigenvalue weighted by molar-refractivity contribution is 0.623. The molecule has 6 heteroatoms. The molecule has 3 heterocycles. The number of thiophene rings is 1. The highest BCUT2D eigenvalue weighted by Crippen LogP contribution is 2.42. The molecule has 0 saturated carbocycles. The highest BCUT2D eigenvalue weighted by atomic mass is 32.1. The van der Waals surface area contributed by atoms with Crippen molar-refractivity contribution in [3.05, 3.63) is 182 Å². The third-order valence-electron chi connectivity index (χ3n) is 11.2. The van der Waals surface area contributed by atoms with Gasteiger partial charge in [0.25, 0.3) is 0 Å². The first kappa shape index (κ1) is 32.7. The second-order valence-electron chi connectivity index (χ2n) is 14.6. The van der Waals surface area contributed by atoms with E-state index in [1.165, 1.54) is 20.2 Å². The molecule has 270 valence electrons. The second kappa shape index (κ2) is 13.0. The SMILES string of the molecule is c1ccc(-c2nc3ccc4ccc5ccc6c(-c7nc(-c8ccc9sc%10ccccc%10c9c8)nc(-c8ccccc8-c8ccccc8)n7)cccc6c5c4c3o2)cc1. The lowest BCUT2D eigenvalue weighted by Crippen LogP contribution is -2.01. The van der Waals surface area contributed by atoms with Gasteiger partial charge in [-0.1, -0.05) is 140 Å². The van der Waals surface area contributed by atoms with Crippen LogP contribution in [0.1, 0.15) is 0 Å². The monoisotopic (exact) mass is 758 g/mol. The van der Waals surface area contributed by atoms with E-state index < -0.39 is 0 Å². The maximum absolute atomic E-state index is 6.62. The Balaban J connectivity index is 1.12. The Labute approximate surface area is 336 Å². The predicted molar refractivity (Wildman–Crippen MR) is 240 cm³/mol. The third kappa shape index (κ3) is 5.23. The molecule has 0 bridgehead atoms. The molecule has 0 N–H and O–H groups in total. The van der Waals surface area contributed by atoms with E-state index >= 15 is 0 Å². The predicted octanol–water partition coefficient (Wildman–Crippen LogP) is 14.2. The molecule has 58 heavy (non-hydrogen) atoms. The van der Waals surface area contributed by atoms with Gasteiger partial charge in [-0.15, -0.1) is 11.3 Å². The minimum absolute atomic E-state index is 0.607. The molecule has 0 spiro atoms. The first-order valence-electron chi connectivity index (χ1n) is 19.3. The van der Waals surface area contributed by atoms with Gasteiger partial charge < -0.3 is 4.42 Å². The molecule has 5 nitrogen and oxygen atoms in total. The summed E-state index contributed by atoms with van der Waals surface area (Å²) < 4.78 is 9.12. The average molecular weight is 759 g/mol. The first-order chi connectivity index (χ1) is 28.7. The molecule has 0 aliphatic carbocycles. The van der Waals surface area contributed by atoms with Crippen molar-refractivity contribution in [2.45, 2.75) is 0 Å². The van der Waals surface area contributed by atoms with Crippen molar-refractivity contribution in [2.24, 2.45) is 0 Å². The fraction of sp³-hybridized carbons (Fsp3) is 0. The van der Waals surface area contributed by atoms with Gasteiger partial charge in [0.05, 0.1) is 0 Å². The third-order valence-corrected chi connectivity index (χ3v) is 12.3. The van der Waals surface area contributed by atoms with E-state index in [0.29, 0.717) is 23.4 Å². The molecule has 3 aromatic heterocycles. The largest absolute Gasteiger partial charge is 0.435 e. The van der Waals surface area contributed by atoms with Crippen LogP contribution in [-0.4, -0.2) is 19.9 Å². The lowest BCUT2D eigenvalue weighted by atomic mass is 9.93. The van der Waals surface area contributed by atoms with Gasteiger partial charge in [0.1, 0.15) is 5.52 Å². The molecule has 12 aromatic rings. The van der Waals surface area contributed by atoms with Crippen molar-refractivity contribution in [3.8, 4) is 56.7 Å². The van der Waals surface area contributed by atoms with Gasteiger partial charge in [0.15, 0.2) is 23.1 Å². The number of rotatable bonds is 5. The van der Waals surface area contributed by atoms with Crippen molar-refractivity contribution in [1.29, 1.82) is 0 Å². The number of hydrogen-bond donors (Lipinski definition) is 0. The zero-order chi connectivity index (χ0) is 38.2. The summed E-state index contributed by atoms with van der Waals surface area (Å²) in [5.41, 5.74) is 7.52. The summed E-state index contributed by atoms with van der Waals surface area (Å²) >= 11 is 1.81. The summed E-state index contributed by atoms with van der Waals surface area (Å²) in [6, 6.07) is 63.4. The van der Waals surface area contributed by atoms with Crippen molar-refractivity contribution in [2.75, 3.05) is 0 Å². The summed E-state index contributed by atoms with van der Waals surface area (Å²) in [5.74, 6) is 2.46. The summed E-state index contributed by atoms with van der Waals surface area (Å²) in [7, 11) is 0. The van der Waals surface area contributed by atoms with Crippen LogP contribution in [0.3, 0.4) is 0 Å². The second-order valence-corrected chi connectivity index (χ2v) is 15.6. The molecule has 0 radical (unpaired) electrons. The quantitative estimate of drug-likeness (QED) is 0.164. The van der Waals surface area contributed by atoms with Crippen LogP contribution in [0.2, 0.25) is 0 Å². The zero-order valence-electron chi connectivity index (χ0n) is 30.9. The fourth-order valence-corrected chi connectivity index (χ4v) is 9.52. The van der Waals surface area contributed by atoms with E-state index in [1.54, 1.807) is 11.3 Å². The van der Waals surface area contributed by atoms with E-state index in [4.69, 9.17) is 24.4 Å². The molecule has 9 aromatic carbocycles. The van der Waals surface area contributed by atoms with Crippen LogP contribution in [0.5, 0.6) is 0 Å². The maximum atomic E-state index is 6.62. The van der Waals surface area contributed by atoms with Gasteiger partial charge in [-0.2, -0.15) is 0 Å². The van der Waals surface area contributed by atoms with Crippen LogP contribution in [0.25, 0.3) is 120 Å². The van der Waals surface area contributed by atoms with Crippen LogP contribution in [0.15, 0.2) is 186 Å². The summed E-state index contributed by atoms with van der Waals surface area (Å²) in [6.07, 6.45) is 0. The molecule has 0 amide bonds. The van der Waals surface area contributed by atoms with E-state index in [2.05, 4.69) is 140 Å². The number of hydrogen-bond acceptors (Lipinski definition) is 6. The summed E-state index contributed by atoms with van der Waals surface area (Å²) in [4.78, 5) is 20.8. The number of aromatic nitrogens is 4. The molecule has 0 aliphatic heterocycles. The van der Waals surface area contributed by atoms with Gasteiger partial charge in [0.2, 0.25) is 5.89 Å². The lowest BCUT2D eigenvalue weighted by Gasteiger charge is -2.14. The molecule has 0 saturated heterocycles. The topological polar surface area (TPSA) is 64.7 Å². The van der Waals surface area contributed by atoms with Crippen molar-refractivity contribution >= 4 is 74.9 Å². The standard InChI is InChI=1S/C52H30N4OS/c1-3-12-31(13-4-1)36-16-7-8-18-40(36)50-54-49(35-26-29-45-42(30-35)38-17-9-10-21-44(38)58-45)55-51(56-50)41-20-11-19-39-37(41)27-24-32-22-23-33-25-28-43-48(47(33)46(32)39)57-52(53-43)34-14-5-2-6-15-34/h1-30H. The van der Waals surface area contributed by atoms with Gasteiger partial charge in [0, 0.05) is 53.2 Å². The zero-order valence-corrected chi connectivity index (χ0v) is 31.7. The number of fused-ring (bicyclic) bond motifs is 10. The van der Waals surface area contributed by atoms with Crippen LogP contribution in [0, 0.1) is 0 Å². The number of benzene rings is 9. The fourth-order valence-electron chi connectivity index (χ4n) is 8.43. The highest BCUT2D eigenvalue weighted by molar-refractivity contribution is 7.25. The molecule has 0 aliphatic rings. The van der Waals surface area contributed by atoms with Gasteiger partial charge >= 0.3 is 0 Å². The Morgan fingerprint density at radius 1 is 0.362 bits per heavy atom. The highest BCUT2D eigenvalue weighted by Gasteiger charge is 2.20. The Morgan fingerprint density at radius 3 is 1.83 bits per heavy atom. The molecule has 0 fully saturated rings. The molecular weight excluding hydrogens is 729 g/mol. The summed E-state index contributed by atoms with van der Waals surface area (Å²) in [5, 5.41) is 8.92. The van der Waals surface area contributed by atoms with E-state index in [1.807, 2.05) is 42.5 Å². The molecule has 12 rings (SSSR count). The Hall–Kier alpha value is -7.54. The van der Waals surface area contributed by atoms with E-state index in [-0.39, 0.29) is 0 Å². The van der Waals surface area contributed by atoms with Gasteiger partial charge in [-0.3, -0.25) is 0 Å². The van der Waals surface area contributed by atoms with Crippen molar-refractivity contribution in [1.82, 2.24) is 19.9 Å². The van der Waals surface area contributed by atoms with Crippen LogP contribution >= 0.6 is 11.3 Å². The van der Waals surface area contributed by atoms with Gasteiger partial charge in [-0.25, -0.2) is 19.9 Å². The van der Waals surface area contributed by atoms with E-state index in [0.717, 1.165) is 76.8 Å².